The predicted molar refractivity (Wildman–Crippen MR) is 24.6 cm³/mol. The van der Waals surface area contributed by atoms with Gasteiger partial charge in [0.15, 0.2) is 0 Å². The van der Waals surface area contributed by atoms with E-state index in [1.54, 1.807) is 0 Å². The van der Waals surface area contributed by atoms with E-state index in [9.17, 15) is 0 Å². The number of rotatable bonds is 0. The molecule has 0 aliphatic heterocycles. The normalized spacial score (nSPS) is 2.67. The van der Waals surface area contributed by atoms with Crippen molar-refractivity contribution in [3.05, 3.63) is 0 Å². The van der Waals surface area contributed by atoms with E-state index in [0.717, 1.165) is 0 Å². The molecule has 0 aliphatic carbocycles. The molecule has 0 amide bonds. The van der Waals surface area contributed by atoms with Crippen LogP contribution >= 0.6 is 0 Å². The first-order chi connectivity index (χ1) is 2.83. The van der Waals surface area contributed by atoms with Crippen molar-refractivity contribution in [3.8, 4) is 0 Å². The molecule has 0 saturated heterocycles. The zero-order valence-corrected chi connectivity index (χ0v) is 5.24. The van der Waals surface area contributed by atoms with E-state index in [4.69, 9.17) is 19.8 Å². The smallest absolute Gasteiger partial charge is 0.290 e. The second kappa shape index (κ2) is 160. The van der Waals surface area contributed by atoms with Crippen molar-refractivity contribution in [3.63, 3.8) is 0 Å². The molecule has 6 nitrogen and oxygen atoms in total. The number of hydrogen-bond donors (Lipinski definition) is 2. The van der Waals surface area contributed by atoms with Crippen molar-refractivity contribution in [2.24, 2.45) is 0 Å². The molecular weight excluding hydrogens is 179 g/mol. The molecule has 0 aromatic heterocycles. The Hall–Kier alpha value is -0.634. The fourth-order valence-electron chi connectivity index (χ4n) is 0. The maximum Gasteiger partial charge on any atom is 0.290 e. The second-order valence-electron chi connectivity index (χ2n) is 0.211. The van der Waals surface area contributed by atoms with Crippen LogP contribution < -0.4 is 0 Å². The molecule has 6 N–H and O–H groups in total. The molecule has 0 unspecified atom stereocenters. The second-order valence-corrected chi connectivity index (χ2v) is 0.211. The summed E-state index contributed by atoms with van der Waals surface area (Å²) in [5.41, 5.74) is 0. The summed E-state index contributed by atoms with van der Waals surface area (Å²) in [7, 11) is 0. The van der Waals surface area contributed by atoms with Crippen LogP contribution in [0.1, 0.15) is 0 Å². The molecule has 0 bridgehead atoms. The first-order valence-electron chi connectivity index (χ1n) is 0.988. The van der Waals surface area contributed by atoms with Crippen LogP contribution in [0.25, 0.3) is 0 Å². The van der Waals surface area contributed by atoms with Crippen molar-refractivity contribution < 1.29 is 47.5 Å². The van der Waals surface area contributed by atoms with Gasteiger partial charge < -0.3 is 21.2 Å². The molecule has 0 fully saturated rings. The van der Waals surface area contributed by atoms with Crippen LogP contribution in [0.2, 0.25) is 0 Å². The van der Waals surface area contributed by atoms with Gasteiger partial charge in [-0.05, 0) is 0 Å². The van der Waals surface area contributed by atoms with Gasteiger partial charge in [0.25, 0.3) is 12.9 Å². The van der Waals surface area contributed by atoms with Crippen LogP contribution in [0.15, 0.2) is 0 Å². The van der Waals surface area contributed by atoms with E-state index in [2.05, 4.69) is 0 Å². The summed E-state index contributed by atoms with van der Waals surface area (Å²) >= 11 is 0. The van der Waals surface area contributed by atoms with Gasteiger partial charge in [-0.1, -0.05) is 0 Å². The van der Waals surface area contributed by atoms with Gasteiger partial charge in [0.2, 0.25) is 0 Å². The van der Waals surface area contributed by atoms with Crippen molar-refractivity contribution in [2.75, 3.05) is 0 Å². The Balaban J connectivity index is -0.00000000889. The molecule has 0 saturated carbocycles. The topological polar surface area (TPSA) is 138 Å². The minimum atomic E-state index is -0.250. The van der Waals surface area contributed by atoms with Crippen LogP contribution in [-0.2, 0) is 26.4 Å². The molecule has 61 valence electrons. The van der Waals surface area contributed by atoms with E-state index < -0.39 is 0 Å². The van der Waals surface area contributed by atoms with Crippen LogP contribution in [0.5, 0.6) is 0 Å². The summed E-state index contributed by atoms with van der Waals surface area (Å²) in [6, 6.07) is 0. The summed E-state index contributed by atoms with van der Waals surface area (Å²) in [5.74, 6) is 0. The van der Waals surface area contributed by atoms with E-state index in [1.165, 1.54) is 0 Å². The zero-order chi connectivity index (χ0) is 5.41. The van der Waals surface area contributed by atoms with Gasteiger partial charge in [0.1, 0.15) is 0 Å². The molecule has 7 heteroatoms. The molecule has 0 atom stereocenters. The molecule has 0 spiro atoms. The van der Waals surface area contributed by atoms with Crippen LogP contribution in [0, 0.1) is 0 Å². The largest absolute Gasteiger partial charge is 0.483 e. The first kappa shape index (κ1) is 40.1. The minimum absolute atomic E-state index is 0. The maximum absolute atomic E-state index is 8.36. The van der Waals surface area contributed by atoms with E-state index in [1.807, 2.05) is 0 Å². The van der Waals surface area contributed by atoms with Crippen LogP contribution in [-0.4, -0.2) is 34.1 Å². The Bertz CT molecular complexity index is 32.0. The van der Waals surface area contributed by atoms with Crippen molar-refractivity contribution in [1.82, 2.24) is 0 Å². The molecule has 0 aromatic carbocycles. The monoisotopic (exact) mass is 187 g/mol. The van der Waals surface area contributed by atoms with E-state index >= 15 is 0 Å². The van der Waals surface area contributed by atoms with Crippen LogP contribution in [0.4, 0.5) is 0 Å². The summed E-state index contributed by atoms with van der Waals surface area (Å²) < 4.78 is 0. The summed E-state index contributed by atoms with van der Waals surface area (Å²) in [4.78, 5) is 16.7. The molecule has 9 heavy (non-hydrogen) atoms. The summed E-state index contributed by atoms with van der Waals surface area (Å²) in [6.45, 7) is -0.500. The van der Waals surface area contributed by atoms with Crippen molar-refractivity contribution in [2.45, 2.75) is 0 Å². The predicted octanol–water partition coefficient (Wildman–Crippen LogP) is -2.25. The third-order valence-corrected chi connectivity index (χ3v) is 0. The number of carbonyl (C=O) groups is 2. The zero-order valence-electron chi connectivity index (χ0n) is 4.20. The number of hydrogen-bond acceptors (Lipinski definition) is 2. The Morgan fingerprint density at radius 3 is 0.889 bits per heavy atom. The molecular formula is C2H8CoO6. The first-order valence-corrected chi connectivity index (χ1v) is 0.988. The summed E-state index contributed by atoms with van der Waals surface area (Å²) in [5, 5.41) is 13.8. The third kappa shape index (κ3) is 529. The average Bonchev–Trinajstić information content (AvgIpc) is 1.39. The van der Waals surface area contributed by atoms with Crippen molar-refractivity contribution >= 4 is 12.9 Å². The van der Waals surface area contributed by atoms with Gasteiger partial charge >= 0.3 is 0 Å². The standard InChI is InChI=1S/2CH2O2.Co.2H2O/c2*2-1-3;;;/h2*1H,(H,2,3);;2*1H2. The quantitative estimate of drug-likeness (QED) is 0.413. The number of carboxylic acid groups (broad SMARTS) is 2. The van der Waals surface area contributed by atoms with Gasteiger partial charge in [0, 0.05) is 16.8 Å². The maximum atomic E-state index is 8.36. The third-order valence-electron chi connectivity index (χ3n) is 0. The molecule has 0 heterocycles. The minimum Gasteiger partial charge on any atom is -0.483 e. The van der Waals surface area contributed by atoms with E-state index in [0.29, 0.717) is 0 Å². The van der Waals surface area contributed by atoms with Gasteiger partial charge in [0.05, 0.1) is 0 Å². The van der Waals surface area contributed by atoms with Gasteiger partial charge in [-0.25, -0.2) is 0 Å². The Morgan fingerprint density at radius 1 is 0.889 bits per heavy atom. The summed E-state index contributed by atoms with van der Waals surface area (Å²) in [6.07, 6.45) is 0. The molecule has 0 aromatic rings. The molecule has 0 aliphatic rings. The Labute approximate surface area is 61.3 Å². The van der Waals surface area contributed by atoms with Gasteiger partial charge in [-0.15, -0.1) is 0 Å². The molecule has 1 radical (unpaired) electrons. The molecule has 0 rings (SSSR count). The fraction of sp³-hybridized carbons (Fsp3) is 0. The van der Waals surface area contributed by atoms with Crippen molar-refractivity contribution in [1.29, 1.82) is 0 Å². The SMILES string of the molecule is O.O.O=CO.O=CO.[Co]. The van der Waals surface area contributed by atoms with Gasteiger partial charge in [-0.2, -0.15) is 0 Å². The Morgan fingerprint density at radius 2 is 0.889 bits per heavy atom. The van der Waals surface area contributed by atoms with Crippen LogP contribution in [0.3, 0.4) is 0 Å². The van der Waals surface area contributed by atoms with Gasteiger partial charge in [-0.3, -0.25) is 9.59 Å². The van der Waals surface area contributed by atoms with E-state index in [-0.39, 0.29) is 40.7 Å². The fourth-order valence-corrected chi connectivity index (χ4v) is 0. The Kier molecular flexibility index (Phi) is 712. The average molecular weight is 187 g/mol.